The van der Waals surface area contributed by atoms with Crippen molar-refractivity contribution in [2.75, 3.05) is 17.6 Å². The summed E-state index contributed by atoms with van der Waals surface area (Å²) in [7, 11) is -3.96. The van der Waals surface area contributed by atoms with Gasteiger partial charge in [-0.15, -0.1) is 0 Å². The number of hydrogen-bond donors (Lipinski definition) is 1. The highest BCUT2D eigenvalue weighted by Crippen LogP contribution is 2.32. The van der Waals surface area contributed by atoms with Gasteiger partial charge < -0.3 is 14.8 Å². The van der Waals surface area contributed by atoms with Gasteiger partial charge in [-0.1, -0.05) is 35.9 Å². The third-order valence-electron chi connectivity index (χ3n) is 4.66. The van der Waals surface area contributed by atoms with Crippen LogP contribution in [0.3, 0.4) is 0 Å². The van der Waals surface area contributed by atoms with Crippen LogP contribution < -0.4 is 19.1 Å². The number of hydrogen-bond acceptors (Lipinski definition) is 5. The largest absolute Gasteiger partial charge is 0.454 e. The molecule has 0 aliphatic carbocycles. The zero-order valence-electron chi connectivity index (χ0n) is 16.3. The van der Waals surface area contributed by atoms with Gasteiger partial charge in [0.1, 0.15) is 6.54 Å². The lowest BCUT2D eigenvalue weighted by molar-refractivity contribution is -0.119. The lowest BCUT2D eigenvalue weighted by Gasteiger charge is -2.24. The van der Waals surface area contributed by atoms with Gasteiger partial charge in [0.15, 0.2) is 11.5 Å². The molecule has 0 saturated heterocycles. The Labute approximate surface area is 185 Å². The van der Waals surface area contributed by atoms with Crippen molar-refractivity contribution in [1.29, 1.82) is 0 Å². The Hall–Kier alpha value is -3.23. The van der Waals surface area contributed by atoms with Crippen LogP contribution in [-0.2, 0) is 21.4 Å². The molecule has 3 aromatic carbocycles. The van der Waals surface area contributed by atoms with Crippen molar-refractivity contribution in [3.05, 3.63) is 83.4 Å². The number of carbonyl (C=O) groups is 1. The van der Waals surface area contributed by atoms with Crippen LogP contribution in [0.5, 0.6) is 11.5 Å². The summed E-state index contributed by atoms with van der Waals surface area (Å²) in [5.74, 6) is 0.811. The zero-order chi connectivity index (χ0) is 21.8. The number of ether oxygens (including phenoxy) is 2. The van der Waals surface area contributed by atoms with Gasteiger partial charge in [-0.3, -0.25) is 9.10 Å². The third kappa shape index (κ3) is 4.76. The number of halogens is 1. The summed E-state index contributed by atoms with van der Waals surface area (Å²) in [5, 5.41) is 3.22. The number of carbonyl (C=O) groups excluding carboxylic acids is 1. The molecule has 1 N–H and O–H groups in total. The fourth-order valence-electron chi connectivity index (χ4n) is 3.08. The summed E-state index contributed by atoms with van der Waals surface area (Å²) in [5.41, 5.74) is 1.15. The number of amides is 1. The summed E-state index contributed by atoms with van der Waals surface area (Å²) in [6.07, 6.45) is 0. The second-order valence-corrected chi connectivity index (χ2v) is 9.06. The molecule has 0 spiro atoms. The van der Waals surface area contributed by atoms with Crippen molar-refractivity contribution < 1.29 is 22.7 Å². The van der Waals surface area contributed by atoms with Crippen molar-refractivity contribution in [1.82, 2.24) is 5.32 Å². The average molecular weight is 459 g/mol. The van der Waals surface area contributed by atoms with E-state index in [2.05, 4.69) is 5.32 Å². The maximum absolute atomic E-state index is 13.2. The van der Waals surface area contributed by atoms with Crippen LogP contribution in [0.4, 0.5) is 5.69 Å². The van der Waals surface area contributed by atoms with Gasteiger partial charge in [0.2, 0.25) is 12.7 Å². The highest BCUT2D eigenvalue weighted by molar-refractivity contribution is 7.92. The number of anilines is 1. The van der Waals surface area contributed by atoms with E-state index in [0.29, 0.717) is 22.2 Å². The van der Waals surface area contributed by atoms with Crippen LogP contribution in [-0.4, -0.2) is 27.7 Å². The van der Waals surface area contributed by atoms with Crippen molar-refractivity contribution in [3.63, 3.8) is 0 Å². The summed E-state index contributed by atoms with van der Waals surface area (Å²) >= 11 is 5.94. The van der Waals surface area contributed by atoms with E-state index in [0.717, 1.165) is 9.87 Å². The van der Waals surface area contributed by atoms with E-state index in [9.17, 15) is 13.2 Å². The topological polar surface area (TPSA) is 84.9 Å². The maximum Gasteiger partial charge on any atom is 0.264 e. The number of rotatable bonds is 7. The fourth-order valence-corrected chi connectivity index (χ4v) is 4.65. The number of nitrogens with zero attached hydrogens (tertiary/aromatic N) is 1. The Morgan fingerprint density at radius 2 is 1.68 bits per heavy atom. The van der Waals surface area contributed by atoms with E-state index in [4.69, 9.17) is 21.1 Å². The predicted octanol–water partition coefficient (Wildman–Crippen LogP) is 3.58. The molecule has 31 heavy (non-hydrogen) atoms. The van der Waals surface area contributed by atoms with Gasteiger partial charge in [-0.05, 0) is 54.1 Å². The molecule has 0 radical (unpaired) electrons. The molecule has 0 unspecified atom stereocenters. The van der Waals surface area contributed by atoms with E-state index in [-0.39, 0.29) is 24.8 Å². The minimum absolute atomic E-state index is 0.0912. The van der Waals surface area contributed by atoms with Crippen LogP contribution >= 0.6 is 11.6 Å². The average Bonchev–Trinajstić information content (AvgIpc) is 3.25. The molecule has 0 fully saturated rings. The quantitative estimate of drug-likeness (QED) is 0.585. The van der Waals surface area contributed by atoms with Crippen molar-refractivity contribution in [2.24, 2.45) is 0 Å². The van der Waals surface area contributed by atoms with Crippen LogP contribution in [0, 0.1) is 0 Å². The Kier molecular flexibility index (Phi) is 6.01. The van der Waals surface area contributed by atoms with E-state index < -0.39 is 15.9 Å². The molecule has 3 aromatic rings. The Morgan fingerprint density at radius 3 is 2.42 bits per heavy atom. The highest BCUT2D eigenvalue weighted by Gasteiger charge is 2.27. The van der Waals surface area contributed by atoms with Crippen molar-refractivity contribution in [3.8, 4) is 11.5 Å². The van der Waals surface area contributed by atoms with E-state index >= 15 is 0 Å². The molecule has 1 amide bonds. The number of sulfonamides is 1. The molecule has 9 heteroatoms. The zero-order valence-corrected chi connectivity index (χ0v) is 17.9. The SMILES string of the molecule is O=C(CN(c1ccc(Cl)cc1)S(=O)(=O)c1ccccc1)NCc1ccc2c(c1)OCO2. The number of fused-ring (bicyclic) bond motifs is 1. The lowest BCUT2D eigenvalue weighted by atomic mass is 10.2. The molecule has 160 valence electrons. The fraction of sp³-hybridized carbons (Fsp3) is 0.136. The van der Waals surface area contributed by atoms with Gasteiger partial charge in [-0.25, -0.2) is 8.42 Å². The van der Waals surface area contributed by atoms with E-state index in [1.54, 1.807) is 54.6 Å². The van der Waals surface area contributed by atoms with Crippen LogP contribution in [0.15, 0.2) is 77.7 Å². The second kappa shape index (κ2) is 8.87. The molecular formula is C22H19ClN2O5S. The van der Waals surface area contributed by atoms with Gasteiger partial charge in [0, 0.05) is 11.6 Å². The highest BCUT2D eigenvalue weighted by atomic mass is 35.5. The standard InChI is InChI=1S/C22H19ClN2O5S/c23-17-7-9-18(10-8-17)25(31(27,28)19-4-2-1-3-5-19)14-22(26)24-13-16-6-11-20-21(12-16)30-15-29-20/h1-12H,13-15H2,(H,24,26). The first kappa shape index (κ1) is 21.0. The molecule has 0 aromatic heterocycles. The van der Waals surface area contributed by atoms with E-state index in [1.165, 1.54) is 12.1 Å². The molecule has 4 rings (SSSR count). The van der Waals surface area contributed by atoms with Crippen molar-refractivity contribution in [2.45, 2.75) is 11.4 Å². The minimum atomic E-state index is -3.96. The van der Waals surface area contributed by atoms with Gasteiger partial charge in [-0.2, -0.15) is 0 Å². The first-order chi connectivity index (χ1) is 14.9. The summed E-state index contributed by atoms with van der Waals surface area (Å²) in [6, 6.07) is 19.6. The Morgan fingerprint density at radius 1 is 0.968 bits per heavy atom. The molecule has 1 aliphatic heterocycles. The maximum atomic E-state index is 13.2. The van der Waals surface area contributed by atoms with Gasteiger partial charge >= 0.3 is 0 Å². The van der Waals surface area contributed by atoms with Gasteiger partial charge in [0.05, 0.1) is 10.6 Å². The van der Waals surface area contributed by atoms with Crippen LogP contribution in [0.1, 0.15) is 5.56 Å². The molecular weight excluding hydrogens is 440 g/mol. The number of nitrogens with one attached hydrogen (secondary N) is 1. The number of benzene rings is 3. The third-order valence-corrected chi connectivity index (χ3v) is 6.70. The van der Waals surface area contributed by atoms with E-state index in [1.807, 2.05) is 6.07 Å². The minimum Gasteiger partial charge on any atom is -0.454 e. The van der Waals surface area contributed by atoms with Gasteiger partial charge in [0.25, 0.3) is 10.0 Å². The van der Waals surface area contributed by atoms with Crippen molar-refractivity contribution >= 4 is 33.2 Å². The molecule has 7 nitrogen and oxygen atoms in total. The Bertz CT molecular complexity index is 1180. The second-order valence-electron chi connectivity index (χ2n) is 6.77. The lowest BCUT2D eigenvalue weighted by Crippen LogP contribution is -2.40. The Balaban J connectivity index is 1.53. The molecule has 0 saturated carbocycles. The molecule has 1 heterocycles. The summed E-state index contributed by atoms with van der Waals surface area (Å²) in [4.78, 5) is 12.8. The first-order valence-corrected chi connectivity index (χ1v) is 11.2. The predicted molar refractivity (Wildman–Crippen MR) is 117 cm³/mol. The molecule has 0 bridgehead atoms. The first-order valence-electron chi connectivity index (χ1n) is 9.42. The summed E-state index contributed by atoms with van der Waals surface area (Å²) < 4.78 is 38.2. The summed E-state index contributed by atoms with van der Waals surface area (Å²) in [6.45, 7) is -0.00271. The molecule has 1 aliphatic rings. The smallest absolute Gasteiger partial charge is 0.264 e. The van der Waals surface area contributed by atoms with Crippen LogP contribution in [0.2, 0.25) is 5.02 Å². The monoisotopic (exact) mass is 458 g/mol. The molecule has 0 atom stereocenters. The normalized spacial score (nSPS) is 12.4. The van der Waals surface area contributed by atoms with Crippen LogP contribution in [0.25, 0.3) is 0 Å².